The molecule has 0 spiro atoms. The Labute approximate surface area is 177 Å². The Kier molecular flexibility index (Phi) is 5.48. The lowest BCUT2D eigenvalue weighted by Gasteiger charge is -2.35. The summed E-state index contributed by atoms with van der Waals surface area (Å²) in [5.74, 6) is 1.81. The molecule has 0 radical (unpaired) electrons. The van der Waals surface area contributed by atoms with E-state index in [0.29, 0.717) is 13.1 Å². The van der Waals surface area contributed by atoms with Crippen molar-refractivity contribution in [3.63, 3.8) is 0 Å². The molecule has 1 aliphatic heterocycles. The standard InChI is InChI=1S/C24H28N4O2/c1-17-16-22(25-23-20(17)6-5-7-21(23)30-4)27-12-14-28(15-13-27)24(29)18-8-10-19(11-9-18)26(2)3/h5-11,16H,12-15H2,1-4H3. The Morgan fingerprint density at radius 1 is 1.03 bits per heavy atom. The van der Waals surface area contributed by atoms with Crippen molar-refractivity contribution in [3.05, 3.63) is 59.7 Å². The number of carbonyl (C=O) groups excluding carboxylic acids is 1. The molecule has 3 aromatic rings. The highest BCUT2D eigenvalue weighted by Gasteiger charge is 2.23. The molecule has 1 fully saturated rings. The maximum Gasteiger partial charge on any atom is 0.253 e. The Bertz CT molecular complexity index is 1050. The van der Waals surface area contributed by atoms with Crippen molar-refractivity contribution in [1.82, 2.24) is 9.88 Å². The molecule has 1 saturated heterocycles. The van der Waals surface area contributed by atoms with Crippen LogP contribution >= 0.6 is 0 Å². The topological polar surface area (TPSA) is 48.9 Å². The fourth-order valence-corrected chi connectivity index (χ4v) is 3.92. The average molecular weight is 405 g/mol. The molecule has 156 valence electrons. The van der Waals surface area contributed by atoms with Crippen LogP contribution in [0.4, 0.5) is 11.5 Å². The van der Waals surface area contributed by atoms with E-state index >= 15 is 0 Å². The summed E-state index contributed by atoms with van der Waals surface area (Å²) in [4.78, 5) is 24.0. The summed E-state index contributed by atoms with van der Waals surface area (Å²) in [6.45, 7) is 4.98. The van der Waals surface area contributed by atoms with Gasteiger partial charge in [-0.3, -0.25) is 4.79 Å². The van der Waals surface area contributed by atoms with Gasteiger partial charge >= 0.3 is 0 Å². The third-order valence-electron chi connectivity index (χ3n) is 5.74. The number of benzene rings is 2. The molecular weight excluding hydrogens is 376 g/mol. The number of hydrogen-bond acceptors (Lipinski definition) is 5. The number of piperazine rings is 1. The Hall–Kier alpha value is -3.28. The van der Waals surface area contributed by atoms with Crippen LogP contribution in [0.15, 0.2) is 48.5 Å². The van der Waals surface area contributed by atoms with Gasteiger partial charge in [-0.05, 0) is 48.9 Å². The van der Waals surface area contributed by atoms with Gasteiger partial charge in [0.1, 0.15) is 17.1 Å². The second-order valence-electron chi connectivity index (χ2n) is 7.87. The molecule has 1 aliphatic rings. The number of nitrogens with zero attached hydrogens (tertiary/aromatic N) is 4. The minimum Gasteiger partial charge on any atom is -0.494 e. The lowest BCUT2D eigenvalue weighted by atomic mass is 10.1. The summed E-state index contributed by atoms with van der Waals surface area (Å²) in [6, 6.07) is 15.9. The molecule has 0 unspecified atom stereocenters. The Morgan fingerprint density at radius 3 is 2.37 bits per heavy atom. The zero-order chi connectivity index (χ0) is 21.3. The normalized spacial score (nSPS) is 14.1. The van der Waals surface area contributed by atoms with Gasteiger partial charge in [0.25, 0.3) is 5.91 Å². The molecule has 0 saturated carbocycles. The first-order valence-electron chi connectivity index (χ1n) is 10.2. The molecule has 4 rings (SSSR count). The second kappa shape index (κ2) is 8.22. The quantitative estimate of drug-likeness (QED) is 0.665. The van der Waals surface area contributed by atoms with E-state index in [0.717, 1.165) is 46.8 Å². The van der Waals surface area contributed by atoms with Crippen LogP contribution in [0.2, 0.25) is 0 Å². The molecule has 6 nitrogen and oxygen atoms in total. The van der Waals surface area contributed by atoms with Gasteiger partial charge in [0.05, 0.1) is 7.11 Å². The molecule has 0 bridgehead atoms. The van der Waals surface area contributed by atoms with E-state index in [-0.39, 0.29) is 5.91 Å². The number of hydrogen-bond donors (Lipinski definition) is 0. The molecule has 2 aromatic carbocycles. The summed E-state index contributed by atoms with van der Waals surface area (Å²) in [5.41, 5.74) is 3.88. The van der Waals surface area contributed by atoms with Crippen molar-refractivity contribution in [3.8, 4) is 5.75 Å². The summed E-state index contributed by atoms with van der Waals surface area (Å²) in [6.07, 6.45) is 0. The van der Waals surface area contributed by atoms with Crippen LogP contribution in [0.1, 0.15) is 15.9 Å². The maximum atomic E-state index is 12.9. The number of carbonyl (C=O) groups is 1. The minimum atomic E-state index is 0.0873. The van der Waals surface area contributed by atoms with E-state index in [1.54, 1.807) is 7.11 Å². The number of methoxy groups -OCH3 is 1. The number of amides is 1. The first-order valence-corrected chi connectivity index (χ1v) is 10.2. The van der Waals surface area contributed by atoms with E-state index in [1.807, 2.05) is 60.3 Å². The Morgan fingerprint density at radius 2 is 1.73 bits per heavy atom. The highest BCUT2D eigenvalue weighted by molar-refractivity contribution is 5.95. The second-order valence-corrected chi connectivity index (χ2v) is 7.87. The summed E-state index contributed by atoms with van der Waals surface area (Å²) >= 11 is 0. The molecule has 0 atom stereocenters. The van der Waals surface area contributed by atoms with Crippen molar-refractivity contribution in [2.75, 3.05) is 57.2 Å². The number of para-hydroxylation sites is 1. The fourth-order valence-electron chi connectivity index (χ4n) is 3.92. The maximum absolute atomic E-state index is 12.9. The zero-order valence-electron chi connectivity index (χ0n) is 18.1. The highest BCUT2D eigenvalue weighted by atomic mass is 16.5. The van der Waals surface area contributed by atoms with Crippen molar-refractivity contribution < 1.29 is 9.53 Å². The monoisotopic (exact) mass is 404 g/mol. The summed E-state index contributed by atoms with van der Waals surface area (Å²) < 4.78 is 5.51. The minimum absolute atomic E-state index is 0.0873. The van der Waals surface area contributed by atoms with Crippen LogP contribution in [-0.4, -0.2) is 63.2 Å². The molecule has 1 amide bonds. The number of ether oxygens (including phenoxy) is 1. The lowest BCUT2D eigenvalue weighted by molar-refractivity contribution is 0.0746. The molecule has 2 heterocycles. The third-order valence-corrected chi connectivity index (χ3v) is 5.74. The van der Waals surface area contributed by atoms with Gasteiger partial charge in [0, 0.05) is 56.9 Å². The van der Waals surface area contributed by atoms with Crippen LogP contribution in [0.5, 0.6) is 5.75 Å². The molecule has 0 aliphatic carbocycles. The molecule has 30 heavy (non-hydrogen) atoms. The van der Waals surface area contributed by atoms with Crippen LogP contribution in [0.25, 0.3) is 10.9 Å². The van der Waals surface area contributed by atoms with E-state index in [4.69, 9.17) is 9.72 Å². The van der Waals surface area contributed by atoms with Gasteiger partial charge in [-0.15, -0.1) is 0 Å². The summed E-state index contributed by atoms with van der Waals surface area (Å²) in [7, 11) is 5.66. The van der Waals surface area contributed by atoms with Crippen molar-refractivity contribution in [2.24, 2.45) is 0 Å². The van der Waals surface area contributed by atoms with Crippen molar-refractivity contribution in [2.45, 2.75) is 6.92 Å². The first kappa shape index (κ1) is 20.0. The van der Waals surface area contributed by atoms with Gasteiger partial charge in [-0.25, -0.2) is 4.98 Å². The van der Waals surface area contributed by atoms with E-state index in [1.165, 1.54) is 5.56 Å². The lowest BCUT2D eigenvalue weighted by Crippen LogP contribution is -2.49. The van der Waals surface area contributed by atoms with E-state index in [9.17, 15) is 4.79 Å². The van der Waals surface area contributed by atoms with E-state index < -0.39 is 0 Å². The molecule has 1 aromatic heterocycles. The summed E-state index contributed by atoms with van der Waals surface area (Å²) in [5, 5.41) is 1.10. The Balaban J connectivity index is 1.48. The number of pyridine rings is 1. The number of anilines is 2. The van der Waals surface area contributed by atoms with Gasteiger partial charge in [-0.1, -0.05) is 12.1 Å². The molecular formula is C24H28N4O2. The number of fused-ring (bicyclic) bond motifs is 1. The largest absolute Gasteiger partial charge is 0.494 e. The predicted octanol–water partition coefficient (Wildman–Crippen LogP) is 3.58. The smallest absolute Gasteiger partial charge is 0.253 e. The number of rotatable bonds is 4. The number of aromatic nitrogens is 1. The van der Waals surface area contributed by atoms with Crippen molar-refractivity contribution in [1.29, 1.82) is 0 Å². The van der Waals surface area contributed by atoms with Crippen LogP contribution in [-0.2, 0) is 0 Å². The van der Waals surface area contributed by atoms with Gasteiger partial charge in [0.15, 0.2) is 0 Å². The van der Waals surface area contributed by atoms with Crippen molar-refractivity contribution >= 4 is 28.3 Å². The zero-order valence-corrected chi connectivity index (χ0v) is 18.1. The third kappa shape index (κ3) is 3.77. The highest BCUT2D eigenvalue weighted by Crippen LogP contribution is 2.29. The SMILES string of the molecule is COc1cccc2c(C)cc(N3CCN(C(=O)c4ccc(N(C)C)cc4)CC3)nc12. The molecule has 0 N–H and O–H groups in total. The number of aryl methyl sites for hydroxylation is 1. The van der Waals surface area contributed by atoms with E-state index in [2.05, 4.69) is 24.0 Å². The van der Waals surface area contributed by atoms with Crippen LogP contribution < -0.4 is 14.5 Å². The molecule has 6 heteroatoms. The van der Waals surface area contributed by atoms with Gasteiger partial charge in [0.2, 0.25) is 0 Å². The average Bonchev–Trinajstić information content (AvgIpc) is 2.78. The van der Waals surface area contributed by atoms with Crippen LogP contribution in [0, 0.1) is 6.92 Å². The fraction of sp³-hybridized carbons (Fsp3) is 0.333. The predicted molar refractivity (Wildman–Crippen MR) is 122 cm³/mol. The first-order chi connectivity index (χ1) is 14.5. The van der Waals surface area contributed by atoms with Gasteiger partial charge < -0.3 is 19.4 Å². The van der Waals surface area contributed by atoms with Gasteiger partial charge in [-0.2, -0.15) is 0 Å². The van der Waals surface area contributed by atoms with Crippen LogP contribution in [0.3, 0.4) is 0 Å².